The fourth-order valence-corrected chi connectivity index (χ4v) is 3.55. The van der Waals surface area contributed by atoms with Crippen LogP contribution in [0.5, 0.6) is 11.5 Å². The predicted octanol–water partition coefficient (Wildman–Crippen LogP) is 4.31. The molecular formula is C21H22ClNO3. The lowest BCUT2D eigenvalue weighted by Crippen LogP contribution is -2.25. The van der Waals surface area contributed by atoms with E-state index < -0.39 is 0 Å². The highest BCUT2D eigenvalue weighted by Crippen LogP contribution is 2.46. The second-order valence-electron chi connectivity index (χ2n) is 6.95. The van der Waals surface area contributed by atoms with Gasteiger partial charge in [-0.2, -0.15) is 0 Å². The minimum atomic E-state index is 0.0757. The molecule has 2 aromatic rings. The van der Waals surface area contributed by atoms with Crippen molar-refractivity contribution >= 4 is 17.5 Å². The van der Waals surface area contributed by atoms with Gasteiger partial charge in [-0.3, -0.25) is 4.79 Å². The molecule has 1 heterocycles. The number of benzene rings is 2. The van der Waals surface area contributed by atoms with E-state index in [1.54, 1.807) is 0 Å². The van der Waals surface area contributed by atoms with Gasteiger partial charge in [-0.15, -0.1) is 0 Å². The molecule has 0 radical (unpaired) electrons. The van der Waals surface area contributed by atoms with Crippen LogP contribution in [0, 0.1) is 5.92 Å². The fourth-order valence-electron chi connectivity index (χ4n) is 3.42. The van der Waals surface area contributed by atoms with Crippen LogP contribution in [-0.2, 0) is 11.3 Å². The minimum Gasteiger partial charge on any atom is -0.486 e. The lowest BCUT2D eigenvalue weighted by atomic mass is 9.90. The number of hydrogen-bond donors (Lipinski definition) is 1. The number of carbonyl (C=O) groups is 1. The van der Waals surface area contributed by atoms with Crippen molar-refractivity contribution in [2.45, 2.75) is 31.7 Å². The van der Waals surface area contributed by atoms with Crippen molar-refractivity contribution in [1.82, 2.24) is 5.32 Å². The molecule has 136 valence electrons. The molecule has 2 aliphatic rings. The molecule has 0 spiro atoms. The van der Waals surface area contributed by atoms with Gasteiger partial charge in [0, 0.05) is 18.0 Å². The van der Waals surface area contributed by atoms with Crippen molar-refractivity contribution < 1.29 is 14.3 Å². The highest BCUT2D eigenvalue weighted by atomic mass is 35.5. The van der Waals surface area contributed by atoms with Gasteiger partial charge >= 0.3 is 0 Å². The molecule has 2 aromatic carbocycles. The van der Waals surface area contributed by atoms with E-state index in [2.05, 4.69) is 11.4 Å². The number of amides is 1. The van der Waals surface area contributed by atoms with E-state index in [-0.39, 0.29) is 11.8 Å². The summed E-state index contributed by atoms with van der Waals surface area (Å²) in [5, 5.41) is 3.73. The van der Waals surface area contributed by atoms with Gasteiger partial charge in [-0.25, -0.2) is 0 Å². The summed E-state index contributed by atoms with van der Waals surface area (Å²) in [7, 11) is 0. The Morgan fingerprint density at radius 1 is 1.08 bits per heavy atom. The van der Waals surface area contributed by atoms with Crippen LogP contribution in [0.2, 0.25) is 5.02 Å². The second kappa shape index (κ2) is 7.58. The molecule has 1 atom stereocenters. The first-order valence-electron chi connectivity index (χ1n) is 9.10. The molecule has 1 saturated carbocycles. The Kier molecular flexibility index (Phi) is 5.02. The smallest absolute Gasteiger partial charge is 0.220 e. The number of hydrogen-bond acceptors (Lipinski definition) is 3. The molecule has 1 aliphatic carbocycles. The lowest BCUT2D eigenvalue weighted by Gasteiger charge is -2.22. The van der Waals surface area contributed by atoms with E-state index in [0.717, 1.165) is 17.1 Å². The van der Waals surface area contributed by atoms with E-state index in [1.165, 1.54) is 18.4 Å². The van der Waals surface area contributed by atoms with Gasteiger partial charge in [0.05, 0.1) is 0 Å². The van der Waals surface area contributed by atoms with Crippen LogP contribution < -0.4 is 14.8 Å². The first kappa shape index (κ1) is 17.2. The quantitative estimate of drug-likeness (QED) is 0.823. The van der Waals surface area contributed by atoms with E-state index in [4.69, 9.17) is 21.1 Å². The molecule has 0 aromatic heterocycles. The van der Waals surface area contributed by atoms with Gasteiger partial charge < -0.3 is 14.8 Å². The van der Waals surface area contributed by atoms with Gasteiger partial charge in [-0.1, -0.05) is 29.8 Å². The largest absolute Gasteiger partial charge is 0.486 e. The van der Waals surface area contributed by atoms with E-state index >= 15 is 0 Å². The molecule has 0 bridgehead atoms. The lowest BCUT2D eigenvalue weighted by molar-refractivity contribution is -0.121. The van der Waals surface area contributed by atoms with E-state index in [1.807, 2.05) is 36.4 Å². The highest BCUT2D eigenvalue weighted by Gasteiger charge is 2.34. The average molecular weight is 372 g/mol. The molecule has 1 unspecified atom stereocenters. The summed E-state index contributed by atoms with van der Waals surface area (Å²) >= 11 is 5.90. The number of carbonyl (C=O) groups excluding carboxylic acids is 1. The van der Waals surface area contributed by atoms with Crippen molar-refractivity contribution in [2.75, 3.05) is 13.2 Å². The summed E-state index contributed by atoms with van der Waals surface area (Å²) in [5.74, 6) is 2.48. The molecule has 1 aliphatic heterocycles. The summed E-state index contributed by atoms with van der Waals surface area (Å²) in [6.45, 7) is 1.69. The zero-order valence-corrected chi connectivity index (χ0v) is 15.3. The second-order valence-corrected chi connectivity index (χ2v) is 7.39. The van der Waals surface area contributed by atoms with Crippen molar-refractivity contribution in [2.24, 2.45) is 5.92 Å². The summed E-state index contributed by atoms with van der Waals surface area (Å²) in [5.41, 5.74) is 2.21. The number of halogens is 1. The van der Waals surface area contributed by atoms with Crippen LogP contribution >= 0.6 is 11.6 Å². The van der Waals surface area contributed by atoms with E-state index in [0.29, 0.717) is 37.1 Å². The Bertz CT molecular complexity index is 786. The first-order chi connectivity index (χ1) is 12.7. The van der Waals surface area contributed by atoms with Gasteiger partial charge in [0.1, 0.15) is 13.2 Å². The molecular weight excluding hydrogens is 350 g/mol. The summed E-state index contributed by atoms with van der Waals surface area (Å²) in [4.78, 5) is 12.5. The molecule has 4 rings (SSSR count). The van der Waals surface area contributed by atoms with Gasteiger partial charge in [0.15, 0.2) is 11.5 Å². The van der Waals surface area contributed by atoms with Crippen LogP contribution in [0.15, 0.2) is 42.5 Å². The van der Waals surface area contributed by atoms with Crippen molar-refractivity contribution in [1.29, 1.82) is 0 Å². The summed E-state index contributed by atoms with van der Waals surface area (Å²) in [6, 6.07) is 13.6. The van der Waals surface area contributed by atoms with Crippen LogP contribution in [0.25, 0.3) is 0 Å². The molecule has 1 fully saturated rings. The van der Waals surface area contributed by atoms with Crippen LogP contribution in [0.3, 0.4) is 0 Å². The number of ether oxygens (including phenoxy) is 2. The maximum atomic E-state index is 12.5. The van der Waals surface area contributed by atoms with Crippen LogP contribution in [0.1, 0.15) is 36.3 Å². The Hall–Kier alpha value is -2.20. The zero-order chi connectivity index (χ0) is 17.9. The third kappa shape index (κ3) is 4.13. The normalized spacial score (nSPS) is 16.8. The van der Waals surface area contributed by atoms with Crippen molar-refractivity contribution in [3.8, 4) is 11.5 Å². The van der Waals surface area contributed by atoms with Crippen molar-refractivity contribution in [3.63, 3.8) is 0 Å². The average Bonchev–Trinajstić information content (AvgIpc) is 3.50. The predicted molar refractivity (Wildman–Crippen MR) is 101 cm³/mol. The van der Waals surface area contributed by atoms with Crippen LogP contribution in [0.4, 0.5) is 0 Å². The topological polar surface area (TPSA) is 47.6 Å². The standard InChI is InChI=1S/C21H22ClNO3/c22-17-6-1-14(2-7-17)13-23-21(24)12-18(15-3-4-15)16-5-8-19-20(11-16)26-10-9-25-19/h1-2,5-8,11,15,18H,3-4,9-10,12-13H2,(H,23,24). The Morgan fingerprint density at radius 3 is 2.54 bits per heavy atom. The number of fused-ring (bicyclic) bond motifs is 1. The molecule has 1 N–H and O–H groups in total. The maximum absolute atomic E-state index is 12.5. The Balaban J connectivity index is 1.40. The molecule has 4 nitrogen and oxygen atoms in total. The number of nitrogens with one attached hydrogen (secondary N) is 1. The van der Waals surface area contributed by atoms with E-state index in [9.17, 15) is 4.79 Å². The van der Waals surface area contributed by atoms with Crippen molar-refractivity contribution in [3.05, 3.63) is 58.6 Å². The monoisotopic (exact) mass is 371 g/mol. The fraction of sp³-hybridized carbons (Fsp3) is 0.381. The SMILES string of the molecule is O=C(CC(c1ccc2c(c1)OCCO2)C1CC1)NCc1ccc(Cl)cc1. The first-order valence-corrected chi connectivity index (χ1v) is 9.47. The third-order valence-electron chi connectivity index (χ3n) is 4.99. The molecule has 26 heavy (non-hydrogen) atoms. The van der Waals surface area contributed by atoms with Gasteiger partial charge in [0.2, 0.25) is 5.91 Å². The van der Waals surface area contributed by atoms with Gasteiger partial charge in [0.25, 0.3) is 0 Å². The molecule has 5 heteroatoms. The van der Waals surface area contributed by atoms with Crippen LogP contribution in [-0.4, -0.2) is 19.1 Å². The minimum absolute atomic E-state index is 0.0757. The molecule has 1 amide bonds. The highest BCUT2D eigenvalue weighted by molar-refractivity contribution is 6.30. The maximum Gasteiger partial charge on any atom is 0.220 e. The molecule has 0 saturated heterocycles. The Labute approximate surface area is 158 Å². The summed E-state index contributed by atoms with van der Waals surface area (Å²) < 4.78 is 11.3. The Morgan fingerprint density at radius 2 is 1.81 bits per heavy atom. The summed E-state index contributed by atoms with van der Waals surface area (Å²) in [6.07, 6.45) is 2.87. The number of rotatable bonds is 6. The van der Waals surface area contributed by atoms with Gasteiger partial charge in [-0.05, 0) is 60.1 Å². The zero-order valence-electron chi connectivity index (χ0n) is 14.5. The third-order valence-corrected chi connectivity index (χ3v) is 5.25.